The molecule has 3 heterocycles. The fourth-order valence-electron chi connectivity index (χ4n) is 3.11. The van der Waals surface area contributed by atoms with Gasteiger partial charge in [0.25, 0.3) is 0 Å². The van der Waals surface area contributed by atoms with Gasteiger partial charge in [-0.25, -0.2) is 4.98 Å². The molecule has 0 amide bonds. The van der Waals surface area contributed by atoms with Crippen LogP contribution in [-0.2, 0) is 4.74 Å². The van der Waals surface area contributed by atoms with E-state index in [9.17, 15) is 25.2 Å². The van der Waals surface area contributed by atoms with Crippen LogP contribution >= 0.6 is 11.3 Å². The van der Waals surface area contributed by atoms with E-state index in [2.05, 4.69) is 4.98 Å². The number of rotatable bonds is 4. The van der Waals surface area contributed by atoms with Gasteiger partial charge in [0.2, 0.25) is 11.7 Å². The second kappa shape index (κ2) is 7.82. The number of thiazole rings is 1. The molecule has 1 aliphatic rings. The number of aliphatic hydroxyl groups excluding tert-OH is 4. The maximum absolute atomic E-state index is 12.8. The summed E-state index contributed by atoms with van der Waals surface area (Å²) in [5, 5.41) is 41.8. The van der Waals surface area contributed by atoms with Gasteiger partial charge < -0.3 is 34.3 Å². The number of hydrogen-bond donors (Lipinski definition) is 4. The van der Waals surface area contributed by atoms with Crippen molar-refractivity contribution in [2.75, 3.05) is 6.61 Å². The first-order valence-electron chi connectivity index (χ1n) is 8.84. The van der Waals surface area contributed by atoms with Crippen LogP contribution in [0.25, 0.3) is 21.5 Å². The number of aromatic nitrogens is 1. The van der Waals surface area contributed by atoms with Crippen molar-refractivity contribution in [1.29, 1.82) is 0 Å². The van der Waals surface area contributed by atoms with Gasteiger partial charge in [-0.1, -0.05) is 0 Å². The van der Waals surface area contributed by atoms with Crippen molar-refractivity contribution in [2.24, 2.45) is 0 Å². The summed E-state index contributed by atoms with van der Waals surface area (Å²) in [6.45, 7) is 1.28. The molecule has 9 nitrogen and oxygen atoms in total. The summed E-state index contributed by atoms with van der Waals surface area (Å²) in [4.78, 5) is 17.1. The first-order valence-corrected chi connectivity index (χ1v) is 9.72. The van der Waals surface area contributed by atoms with E-state index in [1.807, 2.05) is 12.3 Å². The standard InChI is InChI=1S/C19H19NO8S/c1-8-7-29-18(20-8)11-6-26-12-4-9(2-3-10(12)14(11)22)27-19-17(25)16(24)15(23)13(5-21)28-19/h2-4,6-7,13,15-17,19,21,23-25H,5H2,1H3/t13-,15+,16+,17+,19-/m0/s1. The Morgan fingerprint density at radius 3 is 2.69 bits per heavy atom. The fraction of sp³-hybridized carbons (Fsp3) is 0.368. The Morgan fingerprint density at radius 1 is 1.21 bits per heavy atom. The zero-order valence-electron chi connectivity index (χ0n) is 15.3. The van der Waals surface area contributed by atoms with E-state index in [-0.39, 0.29) is 16.8 Å². The Labute approximate surface area is 168 Å². The highest BCUT2D eigenvalue weighted by Crippen LogP contribution is 2.28. The molecule has 0 bridgehead atoms. The van der Waals surface area contributed by atoms with Crippen LogP contribution in [0.15, 0.2) is 39.1 Å². The highest BCUT2D eigenvalue weighted by molar-refractivity contribution is 7.13. The molecule has 5 atom stereocenters. The van der Waals surface area contributed by atoms with E-state index in [0.717, 1.165) is 5.69 Å². The van der Waals surface area contributed by atoms with Crippen LogP contribution in [0.2, 0.25) is 0 Å². The predicted octanol–water partition coefficient (Wildman–Crippen LogP) is 0.404. The third-order valence-corrected chi connectivity index (χ3v) is 5.69. The summed E-state index contributed by atoms with van der Waals surface area (Å²) in [5.74, 6) is 0.211. The van der Waals surface area contributed by atoms with Gasteiger partial charge in [-0.3, -0.25) is 4.79 Å². The van der Waals surface area contributed by atoms with Gasteiger partial charge in [-0.2, -0.15) is 0 Å². The number of ether oxygens (including phenoxy) is 2. The molecule has 1 saturated heterocycles. The maximum Gasteiger partial charge on any atom is 0.229 e. The molecular formula is C19H19NO8S. The summed E-state index contributed by atoms with van der Waals surface area (Å²) in [6.07, 6.45) is -5.63. The normalized spacial score (nSPS) is 27.3. The third-order valence-electron chi connectivity index (χ3n) is 4.70. The highest BCUT2D eigenvalue weighted by Gasteiger charge is 2.44. The van der Waals surface area contributed by atoms with Crippen LogP contribution in [0.5, 0.6) is 5.75 Å². The molecule has 0 unspecified atom stereocenters. The van der Waals surface area contributed by atoms with Crippen LogP contribution in [0.1, 0.15) is 5.69 Å². The topological polar surface area (TPSA) is 142 Å². The molecule has 0 radical (unpaired) electrons. The molecule has 0 spiro atoms. The minimum Gasteiger partial charge on any atom is -0.463 e. The molecule has 1 fully saturated rings. The van der Waals surface area contributed by atoms with Crippen molar-refractivity contribution in [3.8, 4) is 16.3 Å². The molecule has 10 heteroatoms. The minimum atomic E-state index is -1.55. The fourth-order valence-corrected chi connectivity index (χ4v) is 3.91. The van der Waals surface area contributed by atoms with Gasteiger partial charge in [-0.15, -0.1) is 11.3 Å². The highest BCUT2D eigenvalue weighted by atomic mass is 32.1. The Morgan fingerprint density at radius 2 is 2.00 bits per heavy atom. The SMILES string of the molecule is Cc1csc(-c2coc3cc(O[C@H]4O[C@@H](CO)[C@@H](O)[C@@H](O)[C@H]4O)ccc3c2=O)n1. The molecule has 154 valence electrons. The lowest BCUT2D eigenvalue weighted by molar-refractivity contribution is -0.277. The average molecular weight is 421 g/mol. The molecule has 4 N–H and O–H groups in total. The second-order valence-electron chi connectivity index (χ2n) is 6.75. The minimum absolute atomic E-state index is 0.211. The lowest BCUT2D eigenvalue weighted by Gasteiger charge is -2.39. The van der Waals surface area contributed by atoms with Crippen LogP contribution in [0.4, 0.5) is 0 Å². The first kappa shape index (κ1) is 20.0. The average Bonchev–Trinajstić information content (AvgIpc) is 3.14. The zero-order valence-corrected chi connectivity index (χ0v) is 16.1. The summed E-state index contributed by atoms with van der Waals surface area (Å²) >= 11 is 1.35. The molecule has 4 rings (SSSR count). The molecule has 3 aromatic rings. The lowest BCUT2D eigenvalue weighted by Crippen LogP contribution is -2.60. The van der Waals surface area contributed by atoms with E-state index < -0.39 is 37.3 Å². The number of hydrogen-bond acceptors (Lipinski definition) is 10. The van der Waals surface area contributed by atoms with Crippen molar-refractivity contribution in [1.82, 2.24) is 4.98 Å². The van der Waals surface area contributed by atoms with E-state index in [0.29, 0.717) is 16.0 Å². The van der Waals surface area contributed by atoms with Crippen molar-refractivity contribution < 1.29 is 34.3 Å². The summed E-state index contributed by atoms with van der Waals surface area (Å²) in [5.41, 5.74) is 1.19. The molecule has 0 saturated carbocycles. The van der Waals surface area contributed by atoms with E-state index in [4.69, 9.17) is 13.9 Å². The van der Waals surface area contributed by atoms with E-state index in [1.54, 1.807) is 0 Å². The number of benzene rings is 1. The van der Waals surface area contributed by atoms with Crippen molar-refractivity contribution >= 4 is 22.3 Å². The Balaban J connectivity index is 1.62. The Hall–Kier alpha value is -2.34. The van der Waals surface area contributed by atoms with Gasteiger partial charge in [0, 0.05) is 17.1 Å². The number of aliphatic hydroxyl groups is 4. The summed E-state index contributed by atoms with van der Waals surface area (Å²) < 4.78 is 16.5. The summed E-state index contributed by atoms with van der Waals surface area (Å²) in [7, 11) is 0. The van der Waals surface area contributed by atoms with E-state index >= 15 is 0 Å². The monoisotopic (exact) mass is 421 g/mol. The van der Waals surface area contributed by atoms with Gasteiger partial charge in [-0.05, 0) is 19.1 Å². The van der Waals surface area contributed by atoms with Crippen LogP contribution < -0.4 is 10.2 Å². The molecule has 2 aromatic heterocycles. The van der Waals surface area contributed by atoms with Gasteiger partial charge >= 0.3 is 0 Å². The van der Waals surface area contributed by atoms with Crippen molar-refractivity contribution in [2.45, 2.75) is 37.6 Å². The first-order chi connectivity index (χ1) is 13.9. The van der Waals surface area contributed by atoms with Crippen molar-refractivity contribution in [3.63, 3.8) is 0 Å². The summed E-state index contributed by atoms with van der Waals surface area (Å²) in [6, 6.07) is 4.47. The Kier molecular flexibility index (Phi) is 5.38. The number of fused-ring (bicyclic) bond motifs is 1. The zero-order chi connectivity index (χ0) is 20.7. The van der Waals surface area contributed by atoms with Crippen molar-refractivity contribution in [3.05, 3.63) is 45.8 Å². The molecule has 29 heavy (non-hydrogen) atoms. The van der Waals surface area contributed by atoms with E-state index in [1.165, 1.54) is 35.8 Å². The third kappa shape index (κ3) is 3.66. The lowest BCUT2D eigenvalue weighted by atomic mass is 9.99. The maximum atomic E-state index is 12.8. The molecular weight excluding hydrogens is 402 g/mol. The number of nitrogens with zero attached hydrogens (tertiary/aromatic N) is 1. The second-order valence-corrected chi connectivity index (χ2v) is 7.60. The number of aryl methyl sites for hydroxylation is 1. The van der Waals surface area contributed by atoms with Gasteiger partial charge in [0.15, 0.2) is 0 Å². The van der Waals surface area contributed by atoms with Gasteiger partial charge in [0.05, 0.1) is 17.6 Å². The molecule has 1 aromatic carbocycles. The van der Waals surface area contributed by atoms with Crippen LogP contribution in [0, 0.1) is 6.92 Å². The predicted molar refractivity (Wildman–Crippen MR) is 103 cm³/mol. The van der Waals surface area contributed by atoms with Crippen LogP contribution in [-0.4, -0.2) is 62.7 Å². The largest absolute Gasteiger partial charge is 0.463 e. The van der Waals surface area contributed by atoms with Crippen LogP contribution in [0.3, 0.4) is 0 Å². The van der Waals surface area contributed by atoms with Gasteiger partial charge in [0.1, 0.15) is 47.0 Å². The smallest absolute Gasteiger partial charge is 0.229 e. The Bertz CT molecular complexity index is 1080. The quantitative estimate of drug-likeness (QED) is 0.471. The molecule has 0 aliphatic carbocycles. The molecule has 1 aliphatic heterocycles.